The zero-order chi connectivity index (χ0) is 21.3. The van der Waals surface area contributed by atoms with Gasteiger partial charge in [-0.25, -0.2) is 4.98 Å². The molecule has 1 N–H and O–H groups in total. The molecule has 0 saturated heterocycles. The number of hydrogen-bond acceptors (Lipinski definition) is 5. The molecule has 0 saturated carbocycles. The van der Waals surface area contributed by atoms with E-state index in [2.05, 4.69) is 15.5 Å². The number of benzene rings is 2. The molecule has 152 valence electrons. The van der Waals surface area contributed by atoms with Gasteiger partial charge < -0.3 is 9.84 Å². The molecule has 0 unspecified atom stereocenters. The number of aromatic nitrogens is 3. The molecule has 4 aromatic rings. The highest BCUT2D eigenvalue weighted by atomic mass is 16.5. The number of carbonyl (C=O) groups is 1. The Hall–Kier alpha value is -3.74. The Balaban J connectivity index is 1.50. The molecule has 1 amide bonds. The summed E-state index contributed by atoms with van der Waals surface area (Å²) in [5.41, 5.74) is 5.64. The Bertz CT molecular complexity index is 1290. The predicted molar refractivity (Wildman–Crippen MR) is 115 cm³/mol. The summed E-state index contributed by atoms with van der Waals surface area (Å²) in [7, 11) is 0. The lowest BCUT2D eigenvalue weighted by Crippen LogP contribution is -2.23. The lowest BCUT2D eigenvalue weighted by atomic mass is 10.1. The molecule has 0 aliphatic heterocycles. The molecule has 0 fully saturated rings. The molecule has 0 spiro atoms. The molecular formula is C23H22N4O3. The molecule has 2 aromatic carbocycles. The van der Waals surface area contributed by atoms with E-state index in [9.17, 15) is 9.59 Å². The predicted octanol–water partition coefficient (Wildman–Crippen LogP) is 4.01. The lowest BCUT2D eigenvalue weighted by molar-refractivity contribution is -0.116. The number of hydrogen-bond donors (Lipinski definition) is 1. The lowest BCUT2D eigenvalue weighted by Gasteiger charge is -2.08. The Morgan fingerprint density at radius 2 is 1.83 bits per heavy atom. The summed E-state index contributed by atoms with van der Waals surface area (Å²) in [5, 5.41) is 6.89. The Kier molecular flexibility index (Phi) is 5.18. The van der Waals surface area contributed by atoms with Crippen molar-refractivity contribution >= 4 is 22.7 Å². The molecule has 2 aromatic heterocycles. The molecule has 2 heterocycles. The van der Waals surface area contributed by atoms with Crippen LogP contribution in [0.3, 0.4) is 0 Å². The second kappa shape index (κ2) is 7.94. The van der Waals surface area contributed by atoms with Crippen LogP contribution in [-0.4, -0.2) is 20.6 Å². The summed E-state index contributed by atoms with van der Waals surface area (Å²) in [6, 6.07) is 13.5. The van der Waals surface area contributed by atoms with Crippen molar-refractivity contribution in [3.63, 3.8) is 0 Å². The second-order valence-corrected chi connectivity index (χ2v) is 7.42. The molecule has 7 heteroatoms. The van der Waals surface area contributed by atoms with Crippen LogP contribution in [0.4, 0.5) is 5.69 Å². The van der Waals surface area contributed by atoms with E-state index in [0.717, 1.165) is 27.9 Å². The Morgan fingerprint density at radius 1 is 1.07 bits per heavy atom. The number of rotatable bonds is 5. The average molecular weight is 402 g/mol. The van der Waals surface area contributed by atoms with E-state index < -0.39 is 0 Å². The number of carbonyl (C=O) groups excluding carboxylic acids is 1. The molecule has 0 aliphatic rings. The Morgan fingerprint density at radius 3 is 2.57 bits per heavy atom. The minimum absolute atomic E-state index is 0.0858. The van der Waals surface area contributed by atoms with Gasteiger partial charge in [-0.3, -0.25) is 14.2 Å². The third-order valence-electron chi connectivity index (χ3n) is 5.14. The minimum Gasteiger partial charge on any atom is -0.348 e. The number of fused-ring (bicyclic) bond motifs is 1. The summed E-state index contributed by atoms with van der Waals surface area (Å²) in [4.78, 5) is 29.4. The van der Waals surface area contributed by atoms with Gasteiger partial charge in [-0.1, -0.05) is 41.1 Å². The fourth-order valence-electron chi connectivity index (χ4n) is 3.18. The first kappa shape index (κ1) is 19.6. The van der Waals surface area contributed by atoms with E-state index in [1.807, 2.05) is 63.2 Å². The minimum atomic E-state index is -0.357. The van der Waals surface area contributed by atoms with Crippen molar-refractivity contribution in [1.29, 1.82) is 0 Å². The zero-order valence-corrected chi connectivity index (χ0v) is 17.1. The average Bonchev–Trinajstić information content (AvgIpc) is 3.16. The van der Waals surface area contributed by atoms with Crippen molar-refractivity contribution < 1.29 is 9.32 Å². The molecule has 0 radical (unpaired) electrons. The van der Waals surface area contributed by atoms with Gasteiger partial charge in [-0.2, -0.15) is 0 Å². The maximum absolute atomic E-state index is 12.7. The van der Waals surface area contributed by atoms with Crippen molar-refractivity contribution in [1.82, 2.24) is 14.7 Å². The Labute approximate surface area is 173 Å². The van der Waals surface area contributed by atoms with Gasteiger partial charge in [0.2, 0.25) is 5.91 Å². The molecule has 7 nitrogen and oxygen atoms in total. The van der Waals surface area contributed by atoms with Crippen LogP contribution in [0.1, 0.15) is 23.1 Å². The summed E-state index contributed by atoms with van der Waals surface area (Å²) < 4.78 is 6.65. The summed E-state index contributed by atoms with van der Waals surface area (Å²) in [6.07, 6.45) is 1.57. The number of amides is 1. The van der Waals surface area contributed by atoms with Crippen LogP contribution in [-0.2, 0) is 11.3 Å². The first-order valence-electron chi connectivity index (χ1n) is 9.71. The zero-order valence-electron chi connectivity index (χ0n) is 17.1. The molecule has 4 rings (SSSR count). The van der Waals surface area contributed by atoms with E-state index in [-0.39, 0.29) is 30.0 Å². The maximum atomic E-state index is 12.7. The van der Waals surface area contributed by atoms with Crippen LogP contribution < -0.4 is 10.9 Å². The van der Waals surface area contributed by atoms with Gasteiger partial charge in [0.15, 0.2) is 0 Å². The van der Waals surface area contributed by atoms with Gasteiger partial charge in [-0.15, -0.1) is 0 Å². The number of anilines is 1. The van der Waals surface area contributed by atoms with Crippen LogP contribution in [0.2, 0.25) is 0 Å². The topological polar surface area (TPSA) is 90.0 Å². The van der Waals surface area contributed by atoms with Crippen molar-refractivity contribution in [2.24, 2.45) is 0 Å². The van der Waals surface area contributed by atoms with Crippen molar-refractivity contribution in [3.8, 4) is 11.3 Å². The quantitative estimate of drug-likeness (QED) is 0.545. The molecule has 0 aliphatic carbocycles. The molecule has 30 heavy (non-hydrogen) atoms. The first-order valence-corrected chi connectivity index (χ1v) is 9.71. The number of nitrogens with zero attached hydrogens (tertiary/aromatic N) is 3. The van der Waals surface area contributed by atoms with Crippen molar-refractivity contribution in [3.05, 3.63) is 75.8 Å². The summed E-state index contributed by atoms with van der Waals surface area (Å²) >= 11 is 0. The van der Waals surface area contributed by atoms with Crippen LogP contribution in [0.15, 0.2) is 58.1 Å². The fraction of sp³-hybridized carbons (Fsp3) is 0.217. The van der Waals surface area contributed by atoms with Gasteiger partial charge in [0.1, 0.15) is 11.2 Å². The maximum Gasteiger partial charge on any atom is 0.299 e. The molecule has 0 atom stereocenters. The molecule has 0 bridgehead atoms. The van der Waals surface area contributed by atoms with E-state index >= 15 is 0 Å². The van der Waals surface area contributed by atoms with Crippen LogP contribution in [0.25, 0.3) is 22.4 Å². The highest BCUT2D eigenvalue weighted by molar-refractivity contribution is 5.91. The summed E-state index contributed by atoms with van der Waals surface area (Å²) in [6.45, 7) is 6.20. The number of nitrogens with one attached hydrogen (secondary N) is 1. The van der Waals surface area contributed by atoms with Crippen LogP contribution >= 0.6 is 0 Å². The van der Waals surface area contributed by atoms with E-state index in [4.69, 9.17) is 4.52 Å². The highest BCUT2D eigenvalue weighted by Gasteiger charge is 2.16. The first-order chi connectivity index (χ1) is 14.4. The third kappa shape index (κ3) is 3.87. The normalized spacial score (nSPS) is 11.0. The van der Waals surface area contributed by atoms with E-state index in [0.29, 0.717) is 11.2 Å². The van der Waals surface area contributed by atoms with Gasteiger partial charge in [0.25, 0.3) is 11.1 Å². The number of aryl methyl sites for hydroxylation is 4. The van der Waals surface area contributed by atoms with Crippen LogP contribution in [0, 0.1) is 20.8 Å². The van der Waals surface area contributed by atoms with Crippen LogP contribution in [0.5, 0.6) is 0 Å². The largest absolute Gasteiger partial charge is 0.348 e. The van der Waals surface area contributed by atoms with Crippen molar-refractivity contribution in [2.75, 3.05) is 5.32 Å². The van der Waals surface area contributed by atoms with E-state index in [1.54, 1.807) is 0 Å². The summed E-state index contributed by atoms with van der Waals surface area (Å²) in [5.74, 6) is -0.178. The van der Waals surface area contributed by atoms with Gasteiger partial charge >= 0.3 is 0 Å². The SMILES string of the molecule is Cc1ccc(-c2noc3c(=O)n(CCC(=O)Nc4ccc(C)c(C)c4)cnc23)cc1. The van der Waals surface area contributed by atoms with Gasteiger partial charge in [0.05, 0.1) is 6.33 Å². The highest BCUT2D eigenvalue weighted by Crippen LogP contribution is 2.24. The second-order valence-electron chi connectivity index (χ2n) is 7.42. The smallest absolute Gasteiger partial charge is 0.299 e. The monoisotopic (exact) mass is 402 g/mol. The van der Waals surface area contributed by atoms with Gasteiger partial charge in [0, 0.05) is 24.2 Å². The van der Waals surface area contributed by atoms with Crippen molar-refractivity contribution in [2.45, 2.75) is 33.7 Å². The van der Waals surface area contributed by atoms with Gasteiger partial charge in [-0.05, 0) is 44.0 Å². The third-order valence-corrected chi connectivity index (χ3v) is 5.14. The fourth-order valence-corrected chi connectivity index (χ4v) is 3.18. The molecular weight excluding hydrogens is 380 g/mol. The van der Waals surface area contributed by atoms with E-state index in [1.165, 1.54) is 10.9 Å². The standard InChI is InChI=1S/C23H22N4O3/c1-14-4-7-17(8-5-14)20-21-22(30-26-20)23(29)27(13-24-21)11-10-19(28)25-18-9-6-15(2)16(3)12-18/h4-9,12-13H,10-11H2,1-3H3,(H,25,28).